The lowest BCUT2D eigenvalue weighted by Crippen LogP contribution is -2.35. The molecule has 16 heavy (non-hydrogen) atoms. The van der Waals surface area contributed by atoms with Gasteiger partial charge in [0.05, 0.1) is 6.54 Å². The quantitative estimate of drug-likeness (QED) is 0.769. The molecule has 0 atom stereocenters. The molecule has 0 heterocycles. The summed E-state index contributed by atoms with van der Waals surface area (Å²) in [5.74, 6) is -0.807. The molecule has 0 saturated carbocycles. The van der Waals surface area contributed by atoms with E-state index in [0.29, 0.717) is 6.54 Å². The first kappa shape index (κ1) is 13.0. The number of allylic oxidation sites excluding steroid dienone is 2. The van der Waals surface area contributed by atoms with Crippen molar-refractivity contribution in [3.8, 4) is 0 Å². The van der Waals surface area contributed by atoms with E-state index in [4.69, 9.17) is 5.11 Å². The Morgan fingerprint density at radius 2 is 1.62 bits per heavy atom. The second kappa shape index (κ2) is 4.42. The van der Waals surface area contributed by atoms with Gasteiger partial charge in [-0.2, -0.15) is 0 Å². The fourth-order valence-corrected chi connectivity index (χ4v) is 2.36. The van der Waals surface area contributed by atoms with Crippen molar-refractivity contribution in [2.24, 2.45) is 5.41 Å². The van der Waals surface area contributed by atoms with Crippen LogP contribution >= 0.6 is 0 Å². The van der Waals surface area contributed by atoms with Gasteiger partial charge < -0.3 is 10.4 Å². The average Bonchev–Trinajstić information content (AvgIpc) is 2.35. The van der Waals surface area contributed by atoms with Crippen LogP contribution in [0.3, 0.4) is 0 Å². The molecule has 0 aliphatic heterocycles. The molecule has 2 N–H and O–H groups in total. The Kier molecular flexibility index (Phi) is 3.58. The van der Waals surface area contributed by atoms with Gasteiger partial charge in [-0.05, 0) is 38.8 Å². The highest BCUT2D eigenvalue weighted by molar-refractivity contribution is 5.69. The van der Waals surface area contributed by atoms with E-state index in [2.05, 4.69) is 39.9 Å². The number of aliphatic carboxylic acids is 1. The summed E-state index contributed by atoms with van der Waals surface area (Å²) < 4.78 is 0. The van der Waals surface area contributed by atoms with E-state index in [1.165, 1.54) is 22.3 Å². The molecule has 0 unspecified atom stereocenters. The van der Waals surface area contributed by atoms with E-state index >= 15 is 0 Å². The summed E-state index contributed by atoms with van der Waals surface area (Å²) >= 11 is 0. The van der Waals surface area contributed by atoms with Gasteiger partial charge >= 0.3 is 5.97 Å². The Bertz CT molecular complexity index is 353. The zero-order valence-electron chi connectivity index (χ0n) is 10.8. The zero-order chi connectivity index (χ0) is 12.5. The molecule has 0 spiro atoms. The summed E-state index contributed by atoms with van der Waals surface area (Å²) in [6.45, 7) is 11.4. The van der Waals surface area contributed by atoms with Crippen LogP contribution in [-0.2, 0) is 4.79 Å². The van der Waals surface area contributed by atoms with E-state index < -0.39 is 5.97 Å². The van der Waals surface area contributed by atoms with Gasteiger partial charge in [0.2, 0.25) is 0 Å². The lowest BCUT2D eigenvalue weighted by Gasteiger charge is -2.29. The van der Waals surface area contributed by atoms with Crippen molar-refractivity contribution in [1.29, 1.82) is 0 Å². The number of carboxylic acid groups (broad SMARTS) is 1. The van der Waals surface area contributed by atoms with Crippen LogP contribution in [0.5, 0.6) is 0 Å². The van der Waals surface area contributed by atoms with Gasteiger partial charge in [-0.3, -0.25) is 4.79 Å². The Hall–Kier alpha value is -1.09. The van der Waals surface area contributed by atoms with Crippen LogP contribution in [0.1, 0.15) is 34.6 Å². The fraction of sp³-hybridized carbons (Fsp3) is 0.615. The third-order valence-electron chi connectivity index (χ3n) is 4.10. The summed E-state index contributed by atoms with van der Waals surface area (Å²) in [5.41, 5.74) is 5.36. The second-order valence-electron chi connectivity index (χ2n) is 4.83. The van der Waals surface area contributed by atoms with E-state index in [9.17, 15) is 4.79 Å². The SMILES string of the molecule is CC1=C(C)C(C)(CNCC(=O)O)C(C)=C1C. The largest absolute Gasteiger partial charge is 0.480 e. The molecule has 3 nitrogen and oxygen atoms in total. The smallest absolute Gasteiger partial charge is 0.317 e. The lowest BCUT2D eigenvalue weighted by molar-refractivity contribution is -0.136. The van der Waals surface area contributed by atoms with Crippen LogP contribution < -0.4 is 5.32 Å². The van der Waals surface area contributed by atoms with Gasteiger partial charge in [-0.15, -0.1) is 0 Å². The third kappa shape index (κ3) is 2.05. The Labute approximate surface area is 97.2 Å². The molecule has 1 rings (SSSR count). The van der Waals surface area contributed by atoms with Crippen LogP contribution in [0.2, 0.25) is 0 Å². The molecular formula is C13H21NO2. The molecule has 0 aromatic carbocycles. The minimum absolute atomic E-state index is 0.0221. The van der Waals surface area contributed by atoms with Crippen LogP contribution in [0.25, 0.3) is 0 Å². The normalized spacial score (nSPS) is 19.6. The third-order valence-corrected chi connectivity index (χ3v) is 4.10. The summed E-state index contributed by atoms with van der Waals surface area (Å²) in [6, 6.07) is 0. The number of hydrogen-bond donors (Lipinski definition) is 2. The molecule has 0 amide bonds. The molecule has 0 radical (unpaired) electrons. The number of carbonyl (C=O) groups is 1. The molecule has 3 heteroatoms. The molecule has 0 aromatic rings. The monoisotopic (exact) mass is 223 g/mol. The van der Waals surface area contributed by atoms with Crippen LogP contribution in [0, 0.1) is 5.41 Å². The first-order valence-corrected chi connectivity index (χ1v) is 5.59. The first-order chi connectivity index (χ1) is 7.30. The van der Waals surface area contributed by atoms with Crippen molar-refractivity contribution in [2.75, 3.05) is 13.1 Å². The molecule has 1 aliphatic rings. The van der Waals surface area contributed by atoms with Crippen molar-refractivity contribution in [2.45, 2.75) is 34.6 Å². The molecule has 0 fully saturated rings. The van der Waals surface area contributed by atoms with Crippen LogP contribution in [0.15, 0.2) is 22.3 Å². The van der Waals surface area contributed by atoms with Crippen LogP contribution in [0.4, 0.5) is 0 Å². The Morgan fingerprint density at radius 3 is 2.00 bits per heavy atom. The summed E-state index contributed by atoms with van der Waals surface area (Å²) in [5, 5.41) is 11.6. The van der Waals surface area contributed by atoms with Gasteiger partial charge in [-0.25, -0.2) is 0 Å². The van der Waals surface area contributed by atoms with Gasteiger partial charge in [0.15, 0.2) is 0 Å². The minimum Gasteiger partial charge on any atom is -0.480 e. The van der Waals surface area contributed by atoms with Crippen molar-refractivity contribution < 1.29 is 9.90 Å². The lowest BCUT2D eigenvalue weighted by atomic mass is 9.79. The fourth-order valence-electron chi connectivity index (χ4n) is 2.36. The van der Waals surface area contributed by atoms with Crippen molar-refractivity contribution >= 4 is 5.97 Å². The van der Waals surface area contributed by atoms with E-state index in [0.717, 1.165) is 0 Å². The van der Waals surface area contributed by atoms with E-state index in [-0.39, 0.29) is 12.0 Å². The molecule has 0 aromatic heterocycles. The number of rotatable bonds is 4. The predicted octanol–water partition coefficient (Wildman–Crippen LogP) is 2.35. The summed E-state index contributed by atoms with van der Waals surface area (Å²) in [7, 11) is 0. The summed E-state index contributed by atoms with van der Waals surface area (Å²) in [6.07, 6.45) is 0. The van der Waals surface area contributed by atoms with Crippen molar-refractivity contribution in [1.82, 2.24) is 5.32 Å². The predicted molar refractivity (Wildman–Crippen MR) is 65.4 cm³/mol. The van der Waals surface area contributed by atoms with Gasteiger partial charge in [0.1, 0.15) is 0 Å². The second-order valence-corrected chi connectivity index (χ2v) is 4.83. The highest BCUT2D eigenvalue weighted by atomic mass is 16.4. The van der Waals surface area contributed by atoms with Gasteiger partial charge in [-0.1, -0.05) is 18.1 Å². The topological polar surface area (TPSA) is 49.3 Å². The average molecular weight is 223 g/mol. The molecule has 0 saturated heterocycles. The number of nitrogens with one attached hydrogen (secondary N) is 1. The van der Waals surface area contributed by atoms with E-state index in [1.807, 2.05) is 0 Å². The first-order valence-electron chi connectivity index (χ1n) is 5.59. The van der Waals surface area contributed by atoms with Gasteiger partial charge in [0, 0.05) is 12.0 Å². The van der Waals surface area contributed by atoms with E-state index in [1.54, 1.807) is 0 Å². The summed E-state index contributed by atoms with van der Waals surface area (Å²) in [4.78, 5) is 10.5. The highest BCUT2D eigenvalue weighted by Crippen LogP contribution is 2.45. The maximum atomic E-state index is 10.5. The number of hydrogen-bond acceptors (Lipinski definition) is 2. The molecule has 1 aliphatic carbocycles. The highest BCUT2D eigenvalue weighted by Gasteiger charge is 2.35. The molecule has 0 bridgehead atoms. The van der Waals surface area contributed by atoms with Crippen molar-refractivity contribution in [3.05, 3.63) is 22.3 Å². The van der Waals surface area contributed by atoms with Crippen molar-refractivity contribution in [3.63, 3.8) is 0 Å². The number of carboxylic acids is 1. The van der Waals surface area contributed by atoms with Gasteiger partial charge in [0.25, 0.3) is 0 Å². The zero-order valence-corrected chi connectivity index (χ0v) is 10.8. The maximum Gasteiger partial charge on any atom is 0.317 e. The van der Waals surface area contributed by atoms with Crippen LogP contribution in [-0.4, -0.2) is 24.2 Å². The Balaban J connectivity index is 2.82. The standard InChI is InChI=1S/C13H21NO2/c1-8-9(2)11(4)13(5,10(8)3)7-14-6-12(15)16/h14H,6-7H2,1-5H3,(H,15,16). The minimum atomic E-state index is -0.807. The molecule has 90 valence electrons. The Morgan fingerprint density at radius 1 is 1.19 bits per heavy atom. The molecular weight excluding hydrogens is 202 g/mol. The maximum absolute atomic E-state index is 10.5.